The second-order valence-electron chi connectivity index (χ2n) is 11.3. The van der Waals surface area contributed by atoms with E-state index in [9.17, 15) is 24.0 Å². The Morgan fingerprint density at radius 1 is 0.900 bits per heavy atom. The number of ether oxygens (including phenoxy) is 2. The highest BCUT2D eigenvalue weighted by atomic mass is 16.6. The molecule has 224 valence electrons. The quantitative estimate of drug-likeness (QED) is 0.239. The summed E-state index contributed by atoms with van der Waals surface area (Å²) in [5.74, 6) is -2.78. The minimum absolute atomic E-state index is 0.0110. The van der Waals surface area contributed by atoms with Crippen molar-refractivity contribution >= 4 is 29.8 Å². The topological polar surface area (TPSA) is 166 Å². The SMILES string of the molecule is CCC(C)C(NC(=O)OC(C)(C)C)C(=O)NC(CC(C)C)C(=O)NC(CCC(=O)OCc1ccccc1)C(N)=O. The first kappa shape index (κ1) is 34.4. The van der Waals surface area contributed by atoms with E-state index in [1.54, 1.807) is 27.7 Å². The summed E-state index contributed by atoms with van der Waals surface area (Å²) in [7, 11) is 0. The zero-order valence-electron chi connectivity index (χ0n) is 24.7. The molecule has 0 saturated carbocycles. The van der Waals surface area contributed by atoms with Crippen LogP contribution in [-0.4, -0.2) is 53.5 Å². The van der Waals surface area contributed by atoms with Crippen LogP contribution in [0.3, 0.4) is 0 Å². The van der Waals surface area contributed by atoms with E-state index in [1.165, 1.54) is 0 Å². The van der Waals surface area contributed by atoms with Gasteiger partial charge in [0, 0.05) is 6.42 Å². The first-order chi connectivity index (χ1) is 18.6. The third kappa shape index (κ3) is 13.4. The van der Waals surface area contributed by atoms with E-state index in [0.717, 1.165) is 5.56 Å². The molecule has 1 aromatic rings. The minimum atomic E-state index is -1.14. The van der Waals surface area contributed by atoms with Gasteiger partial charge in [-0.15, -0.1) is 0 Å². The highest BCUT2D eigenvalue weighted by Crippen LogP contribution is 2.13. The molecule has 4 amide bonds. The van der Waals surface area contributed by atoms with Crippen LogP contribution in [0.2, 0.25) is 0 Å². The molecule has 11 heteroatoms. The second kappa shape index (κ2) is 16.5. The number of carbonyl (C=O) groups is 5. The first-order valence-corrected chi connectivity index (χ1v) is 13.7. The van der Waals surface area contributed by atoms with Crippen molar-refractivity contribution in [1.82, 2.24) is 16.0 Å². The summed E-state index contributed by atoms with van der Waals surface area (Å²) in [6, 6.07) is 6.03. The molecule has 0 radical (unpaired) electrons. The summed E-state index contributed by atoms with van der Waals surface area (Å²) in [5.41, 5.74) is 5.56. The molecular formula is C29H46N4O7. The monoisotopic (exact) mass is 562 g/mol. The number of amides is 4. The summed E-state index contributed by atoms with van der Waals surface area (Å²) in [6.07, 6.45) is -0.100. The lowest BCUT2D eigenvalue weighted by atomic mass is 9.96. The van der Waals surface area contributed by atoms with Crippen LogP contribution in [-0.2, 0) is 35.3 Å². The van der Waals surface area contributed by atoms with Gasteiger partial charge in [-0.25, -0.2) is 4.79 Å². The van der Waals surface area contributed by atoms with Gasteiger partial charge in [-0.05, 0) is 51.0 Å². The number of hydrogen-bond donors (Lipinski definition) is 4. The number of alkyl carbamates (subject to hydrolysis) is 1. The molecule has 1 rings (SSSR count). The Morgan fingerprint density at radius 3 is 2.02 bits per heavy atom. The van der Waals surface area contributed by atoms with E-state index in [2.05, 4.69) is 16.0 Å². The van der Waals surface area contributed by atoms with Crippen molar-refractivity contribution in [2.45, 2.75) is 104 Å². The van der Waals surface area contributed by atoms with E-state index in [-0.39, 0.29) is 37.7 Å². The van der Waals surface area contributed by atoms with Gasteiger partial charge in [0.25, 0.3) is 0 Å². The highest BCUT2D eigenvalue weighted by Gasteiger charge is 2.32. The minimum Gasteiger partial charge on any atom is -0.461 e. The van der Waals surface area contributed by atoms with Crippen LogP contribution in [0.15, 0.2) is 30.3 Å². The smallest absolute Gasteiger partial charge is 0.408 e. The van der Waals surface area contributed by atoms with Crippen molar-refractivity contribution in [2.75, 3.05) is 0 Å². The predicted molar refractivity (Wildman–Crippen MR) is 151 cm³/mol. The van der Waals surface area contributed by atoms with Crippen LogP contribution in [0.1, 0.15) is 79.7 Å². The molecule has 0 aromatic heterocycles. The maximum absolute atomic E-state index is 13.3. The van der Waals surface area contributed by atoms with Crippen molar-refractivity contribution in [1.29, 1.82) is 0 Å². The molecule has 4 atom stereocenters. The van der Waals surface area contributed by atoms with Crippen molar-refractivity contribution in [2.24, 2.45) is 17.6 Å². The molecule has 4 unspecified atom stereocenters. The number of carbonyl (C=O) groups excluding carboxylic acids is 5. The van der Waals surface area contributed by atoms with Crippen LogP contribution in [0, 0.1) is 11.8 Å². The van der Waals surface area contributed by atoms with Crippen molar-refractivity contribution in [3.05, 3.63) is 35.9 Å². The Balaban J connectivity index is 2.87. The van der Waals surface area contributed by atoms with Crippen LogP contribution in [0.25, 0.3) is 0 Å². The standard InChI is InChI=1S/C29H46N4O7/c1-8-19(4)24(33-28(38)40-29(5,6)7)27(37)32-22(16-18(2)3)26(36)31-21(25(30)35)14-15-23(34)39-17-20-12-10-9-11-13-20/h9-13,18-19,21-22,24H,8,14-17H2,1-7H3,(H2,30,35)(H,31,36)(H,32,37)(H,33,38). The number of nitrogens with one attached hydrogen (secondary N) is 3. The van der Waals surface area contributed by atoms with Crippen molar-refractivity contribution < 1.29 is 33.4 Å². The average Bonchev–Trinajstić information content (AvgIpc) is 2.86. The normalized spacial score (nSPS) is 14.3. The molecule has 5 N–H and O–H groups in total. The molecule has 0 heterocycles. The van der Waals surface area contributed by atoms with Gasteiger partial charge in [-0.1, -0.05) is 64.4 Å². The number of rotatable bonds is 15. The molecule has 11 nitrogen and oxygen atoms in total. The van der Waals surface area contributed by atoms with Gasteiger partial charge >= 0.3 is 12.1 Å². The van der Waals surface area contributed by atoms with Gasteiger partial charge < -0.3 is 31.2 Å². The van der Waals surface area contributed by atoms with Crippen LogP contribution >= 0.6 is 0 Å². The van der Waals surface area contributed by atoms with E-state index < -0.39 is 53.5 Å². The Morgan fingerprint density at radius 2 is 1.50 bits per heavy atom. The maximum Gasteiger partial charge on any atom is 0.408 e. The number of primary amides is 1. The number of benzene rings is 1. The average molecular weight is 563 g/mol. The van der Waals surface area contributed by atoms with Gasteiger partial charge in [0.2, 0.25) is 17.7 Å². The van der Waals surface area contributed by atoms with Crippen molar-refractivity contribution in [3.8, 4) is 0 Å². The summed E-state index contributed by atoms with van der Waals surface area (Å²) in [4.78, 5) is 63.1. The predicted octanol–water partition coefficient (Wildman–Crippen LogP) is 2.95. The number of hydrogen-bond acceptors (Lipinski definition) is 7. The fourth-order valence-electron chi connectivity index (χ4n) is 3.73. The molecular weight excluding hydrogens is 516 g/mol. The van der Waals surface area contributed by atoms with Gasteiger partial charge in [0.05, 0.1) is 0 Å². The lowest BCUT2D eigenvalue weighted by Crippen LogP contribution is -2.58. The molecule has 0 bridgehead atoms. The van der Waals surface area contributed by atoms with E-state index >= 15 is 0 Å². The van der Waals surface area contributed by atoms with Crippen LogP contribution < -0.4 is 21.7 Å². The Bertz CT molecular complexity index is 992. The zero-order chi connectivity index (χ0) is 30.5. The maximum atomic E-state index is 13.3. The zero-order valence-corrected chi connectivity index (χ0v) is 24.7. The molecule has 0 aliphatic carbocycles. The lowest BCUT2D eigenvalue weighted by Gasteiger charge is -2.29. The van der Waals surface area contributed by atoms with Gasteiger partial charge in [0.1, 0.15) is 30.3 Å². The molecule has 0 fully saturated rings. The highest BCUT2D eigenvalue weighted by molar-refractivity contribution is 5.93. The first-order valence-electron chi connectivity index (χ1n) is 13.7. The summed E-state index contributed by atoms with van der Waals surface area (Å²) < 4.78 is 10.5. The molecule has 0 spiro atoms. The fourth-order valence-corrected chi connectivity index (χ4v) is 3.73. The molecule has 0 saturated heterocycles. The Hall–Kier alpha value is -3.63. The van der Waals surface area contributed by atoms with E-state index in [1.807, 2.05) is 51.1 Å². The number of nitrogens with two attached hydrogens (primary N) is 1. The Labute approximate surface area is 237 Å². The van der Waals surface area contributed by atoms with Gasteiger partial charge in [-0.2, -0.15) is 0 Å². The fraction of sp³-hybridized carbons (Fsp3) is 0.621. The molecule has 1 aromatic carbocycles. The third-order valence-corrected chi connectivity index (χ3v) is 6.05. The van der Waals surface area contributed by atoms with Crippen LogP contribution in [0.4, 0.5) is 4.79 Å². The van der Waals surface area contributed by atoms with Crippen LogP contribution in [0.5, 0.6) is 0 Å². The van der Waals surface area contributed by atoms with Gasteiger partial charge in [-0.3, -0.25) is 19.2 Å². The summed E-state index contributed by atoms with van der Waals surface area (Å²) in [6.45, 7) is 12.7. The van der Waals surface area contributed by atoms with E-state index in [0.29, 0.717) is 6.42 Å². The van der Waals surface area contributed by atoms with Gasteiger partial charge in [0.15, 0.2) is 0 Å². The summed E-state index contributed by atoms with van der Waals surface area (Å²) in [5, 5.41) is 7.88. The third-order valence-electron chi connectivity index (χ3n) is 6.05. The van der Waals surface area contributed by atoms with E-state index in [4.69, 9.17) is 15.2 Å². The second-order valence-corrected chi connectivity index (χ2v) is 11.3. The molecule has 0 aliphatic rings. The largest absolute Gasteiger partial charge is 0.461 e. The lowest BCUT2D eigenvalue weighted by molar-refractivity contribution is -0.145. The number of esters is 1. The molecule has 0 aliphatic heterocycles. The summed E-state index contributed by atoms with van der Waals surface area (Å²) >= 11 is 0. The Kier molecular flexibility index (Phi) is 14.2. The molecule has 40 heavy (non-hydrogen) atoms. The van der Waals surface area contributed by atoms with Crippen molar-refractivity contribution in [3.63, 3.8) is 0 Å².